The highest BCUT2D eigenvalue weighted by atomic mass is 19.1. The van der Waals surface area contributed by atoms with E-state index in [1.54, 1.807) is 20.8 Å². The second kappa shape index (κ2) is 6.09. The van der Waals surface area contributed by atoms with Gasteiger partial charge < -0.3 is 14.2 Å². The molecule has 0 aliphatic heterocycles. The number of nitrogens with zero attached hydrogens (tertiary/aromatic N) is 2. The minimum absolute atomic E-state index is 0.0517. The third-order valence-corrected chi connectivity index (χ3v) is 1.61. The zero-order valence-electron chi connectivity index (χ0n) is 9.62. The second-order valence-electron chi connectivity index (χ2n) is 2.73. The van der Waals surface area contributed by atoms with Gasteiger partial charge in [0.15, 0.2) is 0 Å². The minimum Gasteiger partial charge on any atom is -0.476 e. The van der Waals surface area contributed by atoms with E-state index in [0.717, 1.165) is 0 Å². The molecule has 6 heteroatoms. The first-order valence-electron chi connectivity index (χ1n) is 5.18. The van der Waals surface area contributed by atoms with Gasteiger partial charge in [-0.15, -0.1) is 0 Å². The Hall–Kier alpha value is -1.59. The predicted molar refractivity (Wildman–Crippen MR) is 55.5 cm³/mol. The van der Waals surface area contributed by atoms with E-state index < -0.39 is 5.82 Å². The van der Waals surface area contributed by atoms with Crippen molar-refractivity contribution in [3.63, 3.8) is 0 Å². The van der Waals surface area contributed by atoms with Crippen molar-refractivity contribution in [1.29, 1.82) is 0 Å². The second-order valence-corrected chi connectivity index (χ2v) is 2.73. The van der Waals surface area contributed by atoms with Crippen LogP contribution in [0.15, 0.2) is 0 Å². The molecule has 1 rings (SSSR count). The molecule has 0 bridgehead atoms. The van der Waals surface area contributed by atoms with Gasteiger partial charge in [-0.05, 0) is 20.8 Å². The molecule has 1 aromatic rings. The van der Waals surface area contributed by atoms with Crippen LogP contribution >= 0.6 is 0 Å². The average molecular weight is 230 g/mol. The largest absolute Gasteiger partial charge is 0.476 e. The van der Waals surface area contributed by atoms with Gasteiger partial charge in [-0.1, -0.05) is 0 Å². The van der Waals surface area contributed by atoms with Crippen molar-refractivity contribution in [3.05, 3.63) is 5.82 Å². The molecule has 0 N–H and O–H groups in total. The molecule has 0 radical (unpaired) electrons. The molecule has 0 aliphatic carbocycles. The molecular weight excluding hydrogens is 215 g/mol. The Morgan fingerprint density at radius 2 is 1.31 bits per heavy atom. The van der Waals surface area contributed by atoms with E-state index in [4.69, 9.17) is 14.2 Å². The molecule has 1 aromatic heterocycles. The molecule has 0 aliphatic rings. The summed E-state index contributed by atoms with van der Waals surface area (Å²) in [4.78, 5) is 7.57. The third-order valence-electron chi connectivity index (χ3n) is 1.61. The van der Waals surface area contributed by atoms with Crippen molar-refractivity contribution in [1.82, 2.24) is 9.97 Å². The third kappa shape index (κ3) is 2.95. The topological polar surface area (TPSA) is 53.5 Å². The summed E-state index contributed by atoms with van der Waals surface area (Å²) >= 11 is 0. The molecule has 90 valence electrons. The Morgan fingerprint density at radius 3 is 1.69 bits per heavy atom. The maximum absolute atomic E-state index is 13.6. The number of hydrogen-bond acceptors (Lipinski definition) is 5. The van der Waals surface area contributed by atoms with Crippen LogP contribution in [-0.2, 0) is 0 Å². The van der Waals surface area contributed by atoms with Gasteiger partial charge in [0.2, 0.25) is 5.82 Å². The molecule has 0 spiro atoms. The Balaban J connectivity index is 3.05. The quantitative estimate of drug-likeness (QED) is 0.746. The smallest absolute Gasteiger partial charge is 0.323 e. The van der Waals surface area contributed by atoms with Crippen LogP contribution in [0.2, 0.25) is 0 Å². The minimum atomic E-state index is -0.702. The summed E-state index contributed by atoms with van der Waals surface area (Å²) in [6.07, 6.45) is 0. The number of halogens is 1. The van der Waals surface area contributed by atoms with Crippen LogP contribution < -0.4 is 14.2 Å². The molecule has 0 aromatic carbocycles. The average Bonchev–Trinajstić information content (AvgIpc) is 2.26. The van der Waals surface area contributed by atoms with Crippen molar-refractivity contribution in [2.75, 3.05) is 19.8 Å². The van der Waals surface area contributed by atoms with Gasteiger partial charge in [0.25, 0.3) is 11.8 Å². The monoisotopic (exact) mass is 230 g/mol. The summed E-state index contributed by atoms with van der Waals surface area (Å²) in [6, 6.07) is 0.0517. The fourth-order valence-electron chi connectivity index (χ4n) is 1.05. The summed E-state index contributed by atoms with van der Waals surface area (Å²) in [5.41, 5.74) is 0. The van der Waals surface area contributed by atoms with Crippen molar-refractivity contribution in [3.8, 4) is 17.8 Å². The van der Waals surface area contributed by atoms with Gasteiger partial charge in [-0.25, -0.2) is 0 Å². The van der Waals surface area contributed by atoms with E-state index in [0.29, 0.717) is 19.8 Å². The first-order chi connectivity index (χ1) is 7.72. The molecule has 0 unspecified atom stereocenters. The fraction of sp³-hybridized carbons (Fsp3) is 0.600. The fourth-order valence-corrected chi connectivity index (χ4v) is 1.05. The zero-order chi connectivity index (χ0) is 12.0. The van der Waals surface area contributed by atoms with Gasteiger partial charge in [0.1, 0.15) is 0 Å². The highest BCUT2D eigenvalue weighted by Gasteiger charge is 2.17. The van der Waals surface area contributed by atoms with Gasteiger partial charge >= 0.3 is 6.01 Å². The molecular formula is C10H15FN2O3. The number of ether oxygens (including phenoxy) is 3. The molecule has 0 saturated heterocycles. The maximum Gasteiger partial charge on any atom is 0.323 e. The standard InChI is InChI=1S/C10H15FN2O3/c1-4-14-8-7(11)9(15-5-2)13-10(12-8)16-6-3/h4-6H2,1-3H3. The van der Waals surface area contributed by atoms with Crippen molar-refractivity contribution in [2.24, 2.45) is 0 Å². The Labute approximate surface area is 93.6 Å². The van der Waals surface area contributed by atoms with E-state index in [9.17, 15) is 4.39 Å². The zero-order valence-corrected chi connectivity index (χ0v) is 9.62. The van der Waals surface area contributed by atoms with Crippen LogP contribution in [0.5, 0.6) is 17.8 Å². The highest BCUT2D eigenvalue weighted by Crippen LogP contribution is 2.25. The van der Waals surface area contributed by atoms with Crippen LogP contribution in [0, 0.1) is 5.82 Å². The highest BCUT2D eigenvalue weighted by molar-refractivity contribution is 5.26. The lowest BCUT2D eigenvalue weighted by Crippen LogP contribution is -2.07. The Kier molecular flexibility index (Phi) is 4.75. The van der Waals surface area contributed by atoms with Crippen LogP contribution in [0.3, 0.4) is 0 Å². The van der Waals surface area contributed by atoms with Crippen molar-refractivity contribution < 1.29 is 18.6 Å². The van der Waals surface area contributed by atoms with Gasteiger partial charge in [-0.3, -0.25) is 0 Å². The lowest BCUT2D eigenvalue weighted by atomic mass is 10.5. The molecule has 0 atom stereocenters. The van der Waals surface area contributed by atoms with Crippen molar-refractivity contribution in [2.45, 2.75) is 20.8 Å². The first kappa shape index (κ1) is 12.5. The summed E-state index contributed by atoms with van der Waals surface area (Å²) < 4.78 is 28.8. The summed E-state index contributed by atoms with van der Waals surface area (Å²) in [5.74, 6) is -0.999. The van der Waals surface area contributed by atoms with E-state index in [-0.39, 0.29) is 17.8 Å². The van der Waals surface area contributed by atoms with E-state index in [1.165, 1.54) is 0 Å². The summed E-state index contributed by atoms with van der Waals surface area (Å²) in [5, 5.41) is 0. The molecule has 0 saturated carbocycles. The SMILES string of the molecule is CCOc1nc(OCC)c(F)c(OCC)n1. The lowest BCUT2D eigenvalue weighted by Gasteiger charge is -2.09. The normalized spacial score (nSPS) is 10.0. The van der Waals surface area contributed by atoms with Crippen molar-refractivity contribution >= 4 is 0 Å². The molecule has 5 nitrogen and oxygen atoms in total. The predicted octanol–water partition coefficient (Wildman–Crippen LogP) is 1.81. The number of rotatable bonds is 6. The molecule has 16 heavy (non-hydrogen) atoms. The van der Waals surface area contributed by atoms with E-state index in [2.05, 4.69) is 9.97 Å². The Bertz CT molecular complexity index is 320. The number of aromatic nitrogens is 2. The first-order valence-corrected chi connectivity index (χ1v) is 5.18. The van der Waals surface area contributed by atoms with Crippen LogP contribution in [0.4, 0.5) is 4.39 Å². The summed E-state index contributed by atoms with van der Waals surface area (Å²) in [6.45, 7) is 6.27. The summed E-state index contributed by atoms with van der Waals surface area (Å²) in [7, 11) is 0. The lowest BCUT2D eigenvalue weighted by molar-refractivity contribution is 0.247. The van der Waals surface area contributed by atoms with Crippen LogP contribution in [0.25, 0.3) is 0 Å². The van der Waals surface area contributed by atoms with E-state index in [1.807, 2.05) is 0 Å². The molecule has 0 fully saturated rings. The van der Waals surface area contributed by atoms with Crippen LogP contribution in [-0.4, -0.2) is 29.8 Å². The molecule has 0 amide bonds. The Morgan fingerprint density at radius 1 is 0.875 bits per heavy atom. The van der Waals surface area contributed by atoms with Gasteiger partial charge in [-0.2, -0.15) is 14.4 Å². The maximum atomic E-state index is 13.6. The molecule has 1 heterocycles. The van der Waals surface area contributed by atoms with Crippen LogP contribution in [0.1, 0.15) is 20.8 Å². The van der Waals surface area contributed by atoms with Gasteiger partial charge in [0, 0.05) is 0 Å². The number of hydrogen-bond donors (Lipinski definition) is 0. The van der Waals surface area contributed by atoms with E-state index >= 15 is 0 Å². The van der Waals surface area contributed by atoms with Gasteiger partial charge in [0.05, 0.1) is 19.8 Å².